The third-order valence-corrected chi connectivity index (χ3v) is 4.97. The number of rotatable bonds is 6. The van der Waals surface area contributed by atoms with Crippen LogP contribution in [0.25, 0.3) is 28.1 Å². The van der Waals surface area contributed by atoms with Crippen molar-refractivity contribution in [2.24, 2.45) is 0 Å². The van der Waals surface area contributed by atoms with E-state index in [1.807, 2.05) is 19.0 Å². The number of likely N-dealkylation sites (N-methyl/N-ethyl adjacent to an activating group) is 1. The highest BCUT2D eigenvalue weighted by Crippen LogP contribution is 2.23. The van der Waals surface area contributed by atoms with Gasteiger partial charge in [0, 0.05) is 19.3 Å². The van der Waals surface area contributed by atoms with Crippen molar-refractivity contribution in [2.75, 3.05) is 27.2 Å². The van der Waals surface area contributed by atoms with E-state index in [9.17, 15) is 14.9 Å². The molecule has 4 aromatic rings. The monoisotopic (exact) mass is 419 g/mol. The van der Waals surface area contributed by atoms with Gasteiger partial charge in [-0.1, -0.05) is 0 Å². The second-order valence-electron chi connectivity index (χ2n) is 7.42. The lowest BCUT2D eigenvalue weighted by Crippen LogP contribution is -2.38. The Morgan fingerprint density at radius 1 is 1.39 bits per heavy atom. The number of amides is 1. The van der Waals surface area contributed by atoms with E-state index in [1.54, 1.807) is 36.0 Å². The Hall–Kier alpha value is -4.04. The smallest absolute Gasteiger partial charge is 0.328 e. The molecule has 0 saturated carbocycles. The number of imidazole rings is 1. The van der Waals surface area contributed by atoms with Crippen molar-refractivity contribution in [1.29, 1.82) is 5.26 Å². The molecule has 4 rings (SSSR count). The zero-order valence-corrected chi connectivity index (χ0v) is 17.3. The molecule has 0 bridgehead atoms. The van der Waals surface area contributed by atoms with Crippen LogP contribution >= 0.6 is 0 Å². The zero-order chi connectivity index (χ0) is 22.1. The molecule has 0 aliphatic carbocycles. The van der Waals surface area contributed by atoms with Crippen LogP contribution in [0.4, 0.5) is 0 Å². The van der Waals surface area contributed by atoms with Crippen LogP contribution in [0.15, 0.2) is 35.5 Å². The van der Waals surface area contributed by atoms with Crippen molar-refractivity contribution in [1.82, 2.24) is 39.3 Å². The van der Waals surface area contributed by atoms with E-state index in [0.29, 0.717) is 46.7 Å². The first-order chi connectivity index (χ1) is 14.9. The molecule has 31 heavy (non-hydrogen) atoms. The molecule has 0 saturated heterocycles. The standard InChI is InChI=1S/C20H21N9O2/c1-12(19(30)22-5-7-27(2)3)29-18-15(25-20(29)31)11-23-17(26-18)14-10-24-28-6-4-13(9-21)8-16(14)28/h4,6,8,10-12H,5,7H2,1-3H3,(H,22,30)(H,25,31). The average Bonchev–Trinajstić information content (AvgIpc) is 3.31. The van der Waals surface area contributed by atoms with Crippen molar-refractivity contribution in [3.05, 3.63) is 46.8 Å². The van der Waals surface area contributed by atoms with Gasteiger partial charge in [0.1, 0.15) is 11.6 Å². The molecule has 4 aromatic heterocycles. The molecule has 1 atom stereocenters. The Kier molecular flexibility index (Phi) is 5.22. The van der Waals surface area contributed by atoms with Crippen LogP contribution in [-0.2, 0) is 4.79 Å². The van der Waals surface area contributed by atoms with Gasteiger partial charge in [-0.15, -0.1) is 0 Å². The molecule has 11 nitrogen and oxygen atoms in total. The molecule has 0 aromatic carbocycles. The van der Waals surface area contributed by atoms with Gasteiger partial charge >= 0.3 is 5.69 Å². The predicted molar refractivity (Wildman–Crippen MR) is 113 cm³/mol. The van der Waals surface area contributed by atoms with Gasteiger partial charge in [0.05, 0.1) is 35.1 Å². The lowest BCUT2D eigenvalue weighted by atomic mass is 10.2. The van der Waals surface area contributed by atoms with Crippen molar-refractivity contribution in [3.63, 3.8) is 0 Å². The van der Waals surface area contributed by atoms with E-state index in [1.165, 1.54) is 10.8 Å². The van der Waals surface area contributed by atoms with E-state index in [2.05, 4.69) is 31.4 Å². The Bertz CT molecular complexity index is 1370. The van der Waals surface area contributed by atoms with Gasteiger partial charge in [-0.2, -0.15) is 10.4 Å². The number of hydrogen-bond donors (Lipinski definition) is 2. The summed E-state index contributed by atoms with van der Waals surface area (Å²) in [4.78, 5) is 38.7. The van der Waals surface area contributed by atoms with Crippen LogP contribution in [-0.4, -0.2) is 67.1 Å². The first kappa shape index (κ1) is 20.2. The number of aromatic amines is 1. The molecule has 0 aliphatic rings. The highest BCUT2D eigenvalue weighted by atomic mass is 16.2. The molecular formula is C20H21N9O2. The number of H-pyrrole nitrogens is 1. The number of hydrogen-bond acceptors (Lipinski definition) is 7. The van der Waals surface area contributed by atoms with Crippen LogP contribution in [0.1, 0.15) is 18.5 Å². The summed E-state index contributed by atoms with van der Waals surface area (Å²) in [7, 11) is 3.83. The fourth-order valence-corrected chi connectivity index (χ4v) is 3.30. The van der Waals surface area contributed by atoms with Crippen molar-refractivity contribution < 1.29 is 4.79 Å². The summed E-state index contributed by atoms with van der Waals surface area (Å²) >= 11 is 0. The topological polar surface area (TPSA) is 137 Å². The summed E-state index contributed by atoms with van der Waals surface area (Å²) in [6, 6.07) is 4.69. The number of fused-ring (bicyclic) bond motifs is 2. The number of aromatic nitrogens is 6. The van der Waals surface area contributed by atoms with E-state index < -0.39 is 11.7 Å². The summed E-state index contributed by atoms with van der Waals surface area (Å²) in [5.74, 6) is 0.0604. The molecule has 0 fully saturated rings. The molecular weight excluding hydrogens is 398 g/mol. The molecule has 0 aliphatic heterocycles. The average molecular weight is 419 g/mol. The van der Waals surface area contributed by atoms with Crippen LogP contribution in [0.5, 0.6) is 0 Å². The normalized spacial score (nSPS) is 12.4. The van der Waals surface area contributed by atoms with E-state index in [0.717, 1.165) is 0 Å². The summed E-state index contributed by atoms with van der Waals surface area (Å²) in [6.07, 6.45) is 4.79. The maximum atomic E-state index is 12.6. The second-order valence-corrected chi connectivity index (χ2v) is 7.42. The van der Waals surface area contributed by atoms with Gasteiger partial charge in [0.25, 0.3) is 0 Å². The van der Waals surface area contributed by atoms with Crippen LogP contribution in [0.3, 0.4) is 0 Å². The van der Waals surface area contributed by atoms with Crippen molar-refractivity contribution in [2.45, 2.75) is 13.0 Å². The van der Waals surface area contributed by atoms with Crippen molar-refractivity contribution in [3.8, 4) is 17.5 Å². The number of carbonyl (C=O) groups is 1. The van der Waals surface area contributed by atoms with Crippen LogP contribution in [0.2, 0.25) is 0 Å². The molecule has 11 heteroatoms. The highest BCUT2D eigenvalue weighted by molar-refractivity contribution is 5.83. The molecule has 2 N–H and O–H groups in total. The Morgan fingerprint density at radius 3 is 2.94 bits per heavy atom. The van der Waals surface area contributed by atoms with E-state index >= 15 is 0 Å². The third kappa shape index (κ3) is 3.76. The highest BCUT2D eigenvalue weighted by Gasteiger charge is 2.22. The lowest BCUT2D eigenvalue weighted by molar-refractivity contribution is -0.123. The first-order valence-corrected chi connectivity index (χ1v) is 9.66. The number of pyridine rings is 1. The first-order valence-electron chi connectivity index (χ1n) is 9.66. The summed E-state index contributed by atoms with van der Waals surface area (Å²) < 4.78 is 2.94. The largest absolute Gasteiger partial charge is 0.353 e. The Balaban J connectivity index is 1.74. The minimum Gasteiger partial charge on any atom is -0.353 e. The fourth-order valence-electron chi connectivity index (χ4n) is 3.30. The number of carbonyl (C=O) groups excluding carboxylic acids is 1. The summed E-state index contributed by atoms with van der Waals surface area (Å²) in [5, 5.41) is 16.3. The maximum Gasteiger partial charge on any atom is 0.328 e. The van der Waals surface area contributed by atoms with Crippen molar-refractivity contribution >= 4 is 22.6 Å². The molecule has 4 heterocycles. The van der Waals surface area contributed by atoms with Gasteiger partial charge in [-0.25, -0.2) is 19.3 Å². The van der Waals surface area contributed by atoms with E-state index in [-0.39, 0.29) is 5.91 Å². The van der Waals surface area contributed by atoms with E-state index in [4.69, 9.17) is 0 Å². The van der Waals surface area contributed by atoms with Gasteiger partial charge < -0.3 is 15.2 Å². The maximum absolute atomic E-state index is 12.6. The lowest BCUT2D eigenvalue weighted by Gasteiger charge is -2.15. The van der Waals surface area contributed by atoms with Gasteiger partial charge in [-0.05, 0) is 33.2 Å². The minimum absolute atomic E-state index is 0.278. The number of nitriles is 1. The molecule has 158 valence electrons. The summed E-state index contributed by atoms with van der Waals surface area (Å²) in [5.41, 5.74) is 2.07. The van der Waals surface area contributed by atoms with Gasteiger partial charge in [0.15, 0.2) is 11.5 Å². The second kappa shape index (κ2) is 8.00. The van der Waals surface area contributed by atoms with Crippen LogP contribution < -0.4 is 11.0 Å². The Morgan fingerprint density at radius 2 is 2.19 bits per heavy atom. The zero-order valence-electron chi connectivity index (χ0n) is 17.3. The Labute approximate surface area is 176 Å². The minimum atomic E-state index is -0.764. The SMILES string of the molecule is CC(C(=O)NCCN(C)C)n1c(=O)[nH]c2cnc(-c3cnn4ccc(C#N)cc34)nc21. The van der Waals surface area contributed by atoms with Gasteiger partial charge in [-0.3, -0.25) is 9.36 Å². The number of nitrogens with zero attached hydrogens (tertiary/aromatic N) is 7. The molecule has 1 amide bonds. The molecule has 1 unspecified atom stereocenters. The van der Waals surface area contributed by atoms with Crippen LogP contribution in [0, 0.1) is 11.3 Å². The number of nitrogens with one attached hydrogen (secondary N) is 2. The molecule has 0 radical (unpaired) electrons. The fraction of sp³-hybridized carbons (Fsp3) is 0.300. The van der Waals surface area contributed by atoms with Gasteiger partial charge in [0.2, 0.25) is 5.91 Å². The quantitative estimate of drug-likeness (QED) is 0.465. The predicted octanol–water partition coefficient (Wildman–Crippen LogP) is 0.545. The molecule has 0 spiro atoms. The summed E-state index contributed by atoms with van der Waals surface area (Å²) in [6.45, 7) is 2.81. The third-order valence-electron chi connectivity index (χ3n) is 4.97.